The van der Waals surface area contributed by atoms with Crippen LogP contribution >= 0.6 is 0 Å². The molecule has 0 aliphatic carbocycles. The van der Waals surface area contributed by atoms with Crippen molar-refractivity contribution in [3.8, 4) is 0 Å². The van der Waals surface area contributed by atoms with Gasteiger partial charge in [-0.15, -0.1) is 0 Å². The predicted molar refractivity (Wildman–Crippen MR) is 0 cm³/mol. The number of rotatable bonds is 0. The molecule has 0 fully saturated rings. The molecule has 0 aliphatic rings. The minimum absolute atomic E-state index is 0. The van der Waals surface area contributed by atoms with E-state index in [1.807, 2.05) is 0 Å². The zero-order valence-corrected chi connectivity index (χ0v) is 11.2. The summed E-state index contributed by atoms with van der Waals surface area (Å²) >= 11 is 0. The van der Waals surface area contributed by atoms with E-state index < -0.39 is 0 Å². The summed E-state index contributed by atoms with van der Waals surface area (Å²) in [4.78, 5) is 0. The second-order valence-electron chi connectivity index (χ2n) is 0. The van der Waals surface area contributed by atoms with Crippen molar-refractivity contribution in [2.45, 2.75) is 0 Å². The summed E-state index contributed by atoms with van der Waals surface area (Å²) in [5, 5.41) is 0. The van der Waals surface area contributed by atoms with Crippen LogP contribution in [0, 0.1) is 0 Å². The minimum atomic E-state index is 0. The summed E-state index contributed by atoms with van der Waals surface area (Å²) < 4.78 is 0. The van der Waals surface area contributed by atoms with Gasteiger partial charge in [-0.3, -0.25) is 0 Å². The van der Waals surface area contributed by atoms with Gasteiger partial charge in [0, 0.05) is 0 Å². The number of hydrogen-bond donors (Lipinski definition) is 0. The van der Waals surface area contributed by atoms with Crippen LogP contribution in [0.25, 0.3) is 0 Å². The van der Waals surface area contributed by atoms with Crippen LogP contribution < -0.4 is 113 Å². The van der Waals surface area contributed by atoms with E-state index in [0.717, 1.165) is 0 Å². The molecule has 0 aromatic carbocycles. The first-order valence-electron chi connectivity index (χ1n) is 0. The van der Waals surface area contributed by atoms with Crippen LogP contribution in [-0.2, 0) is 0 Å². The van der Waals surface area contributed by atoms with Gasteiger partial charge in [-0.05, 0) is 0 Å². The van der Waals surface area contributed by atoms with E-state index in [4.69, 9.17) is 0 Å². The molecular weight excluding hydrogens is 179 g/mol. The van der Waals surface area contributed by atoms with Crippen molar-refractivity contribution < 1.29 is 113 Å². The van der Waals surface area contributed by atoms with E-state index in [9.17, 15) is 0 Å². The fourth-order valence-electron chi connectivity index (χ4n) is 0. The molecule has 0 N–H and O–H groups in total. The molecule has 0 atom stereocenters. The van der Waals surface area contributed by atoms with Crippen LogP contribution in [-0.4, -0.2) is 0 Å². The molecule has 0 saturated heterocycles. The zero-order valence-electron chi connectivity index (χ0n) is 2.76. The fraction of sp³-hybridized carbons (Fsp3) is 0. The summed E-state index contributed by atoms with van der Waals surface area (Å²) in [5.41, 5.74) is 0. The zero-order chi connectivity index (χ0) is 0. The maximum absolute atomic E-state index is 0. The topological polar surface area (TPSA) is 0 Å². The molecule has 0 saturated carbocycles. The van der Waals surface area contributed by atoms with Crippen molar-refractivity contribution >= 4 is 0 Å². The van der Waals surface area contributed by atoms with Gasteiger partial charge in [0.2, 0.25) is 0 Å². The molecule has 0 rings (SSSR count). The quantitative estimate of drug-likeness (QED) is 0.324. The second kappa shape index (κ2) is 16.2. The second-order valence-corrected chi connectivity index (χ2v) is 0. The van der Waals surface area contributed by atoms with E-state index in [2.05, 4.69) is 0 Å². The van der Waals surface area contributed by atoms with Crippen molar-refractivity contribution in [2.24, 2.45) is 0 Å². The molecule has 0 heterocycles. The molecule has 4 heavy (non-hydrogen) atoms. The first kappa shape index (κ1) is 26.3. The Labute approximate surface area is 109 Å². The average Bonchev–Trinajstić information content (AvgIpc) is 0. The third-order valence-electron chi connectivity index (χ3n) is 0. The van der Waals surface area contributed by atoms with Gasteiger partial charge in [0.15, 0.2) is 0 Å². The van der Waals surface area contributed by atoms with Crippen LogP contribution in [0.3, 0.4) is 0 Å². The van der Waals surface area contributed by atoms with Crippen LogP contribution in [0.5, 0.6) is 0 Å². The summed E-state index contributed by atoms with van der Waals surface area (Å²) in [5.74, 6) is 0. The van der Waals surface area contributed by atoms with Crippen molar-refractivity contribution in [1.29, 1.82) is 0 Å². The standard InChI is InChI=1S/2ClH.Na.Rb/h2*1H;;/q;;2*+1/p-2. The molecule has 0 radical (unpaired) electrons. The Morgan fingerprint density at radius 2 is 0.750 bits per heavy atom. The predicted octanol–water partition coefficient (Wildman–Crippen LogP) is -12.0. The van der Waals surface area contributed by atoms with Crippen molar-refractivity contribution in [3.63, 3.8) is 0 Å². The average molecular weight is 179 g/mol. The van der Waals surface area contributed by atoms with Gasteiger partial charge in [-0.2, -0.15) is 0 Å². The van der Waals surface area contributed by atoms with E-state index in [0.29, 0.717) is 0 Å². The van der Waals surface area contributed by atoms with Gasteiger partial charge in [0.25, 0.3) is 0 Å². The fourth-order valence-corrected chi connectivity index (χ4v) is 0. The maximum atomic E-state index is 0. The Morgan fingerprint density at radius 3 is 0.750 bits per heavy atom. The molecular formula is Cl2NaRb. The van der Waals surface area contributed by atoms with Gasteiger partial charge in [-0.25, -0.2) is 0 Å². The normalized spacial score (nSPS) is 0. The molecule has 0 amide bonds. The minimum Gasteiger partial charge on any atom is -1.00 e. The van der Waals surface area contributed by atoms with Gasteiger partial charge >= 0.3 is 87.7 Å². The number of halogens is 2. The van der Waals surface area contributed by atoms with Crippen molar-refractivity contribution in [1.82, 2.24) is 0 Å². The van der Waals surface area contributed by atoms with Crippen LogP contribution in [0.15, 0.2) is 0 Å². The molecule has 0 unspecified atom stereocenters. The van der Waals surface area contributed by atoms with E-state index in [1.54, 1.807) is 0 Å². The van der Waals surface area contributed by atoms with Gasteiger partial charge in [0.05, 0.1) is 0 Å². The molecule has 0 spiro atoms. The summed E-state index contributed by atoms with van der Waals surface area (Å²) in [6.45, 7) is 0. The van der Waals surface area contributed by atoms with Gasteiger partial charge < -0.3 is 24.8 Å². The first-order valence-corrected chi connectivity index (χ1v) is 0. The van der Waals surface area contributed by atoms with Crippen LogP contribution in [0.4, 0.5) is 0 Å². The van der Waals surface area contributed by atoms with Crippen molar-refractivity contribution in [3.05, 3.63) is 0 Å². The molecule has 4 heteroatoms. The summed E-state index contributed by atoms with van der Waals surface area (Å²) in [6, 6.07) is 0. The SMILES string of the molecule is [Cl-].[Cl-].[Na+].[Rb+]. The Morgan fingerprint density at radius 1 is 0.750 bits per heavy atom. The molecule has 0 aliphatic heterocycles. The summed E-state index contributed by atoms with van der Waals surface area (Å²) in [7, 11) is 0. The number of hydrogen-bond acceptors (Lipinski definition) is 0. The van der Waals surface area contributed by atoms with E-state index in [-0.39, 0.29) is 113 Å². The van der Waals surface area contributed by atoms with Gasteiger partial charge in [-0.1, -0.05) is 0 Å². The van der Waals surface area contributed by atoms with Gasteiger partial charge in [0.1, 0.15) is 0 Å². The Kier molecular flexibility index (Phi) is 106. The largest absolute Gasteiger partial charge is 1.00 e. The third-order valence-corrected chi connectivity index (χ3v) is 0. The van der Waals surface area contributed by atoms with E-state index in [1.165, 1.54) is 0 Å². The molecule has 16 valence electrons. The smallest absolute Gasteiger partial charge is 1.00 e. The van der Waals surface area contributed by atoms with Crippen LogP contribution in [0.2, 0.25) is 0 Å². The molecule has 0 bridgehead atoms. The Bertz CT molecular complexity index is 6.00. The Balaban J connectivity index is 0. The molecule has 0 aromatic rings. The van der Waals surface area contributed by atoms with Crippen LogP contribution in [0.1, 0.15) is 0 Å². The first-order chi connectivity index (χ1) is 0. The maximum Gasteiger partial charge on any atom is 1.00 e. The molecule has 0 nitrogen and oxygen atoms in total. The summed E-state index contributed by atoms with van der Waals surface area (Å²) in [6.07, 6.45) is 0. The third kappa shape index (κ3) is 9.04. The van der Waals surface area contributed by atoms with Crippen molar-refractivity contribution in [2.75, 3.05) is 0 Å². The monoisotopic (exact) mass is 178 g/mol. The molecule has 0 aromatic heterocycles. The Hall–Kier alpha value is 3.39. The van der Waals surface area contributed by atoms with E-state index >= 15 is 0 Å².